The van der Waals surface area contributed by atoms with Gasteiger partial charge in [0, 0.05) is 24.5 Å². The lowest BCUT2D eigenvalue weighted by atomic mass is 10.1. The van der Waals surface area contributed by atoms with E-state index in [9.17, 15) is 9.59 Å². The number of ether oxygens (including phenoxy) is 1. The van der Waals surface area contributed by atoms with E-state index in [0.29, 0.717) is 31.1 Å². The summed E-state index contributed by atoms with van der Waals surface area (Å²) in [5, 5.41) is 5.67. The normalized spacial score (nSPS) is 15.6. The van der Waals surface area contributed by atoms with Crippen molar-refractivity contribution in [3.63, 3.8) is 0 Å². The molecule has 2 aromatic carbocycles. The van der Waals surface area contributed by atoms with Gasteiger partial charge in [0.1, 0.15) is 6.04 Å². The first-order valence-corrected chi connectivity index (χ1v) is 9.34. The second-order valence-electron chi connectivity index (χ2n) is 6.89. The summed E-state index contributed by atoms with van der Waals surface area (Å²) in [6, 6.07) is 13.8. The Morgan fingerprint density at radius 1 is 1.00 bits per heavy atom. The van der Waals surface area contributed by atoms with Crippen LogP contribution in [-0.4, -0.2) is 49.6 Å². The Bertz CT molecular complexity index is 799. The van der Waals surface area contributed by atoms with Crippen LogP contribution in [0.25, 0.3) is 0 Å². The lowest BCUT2D eigenvalue weighted by Gasteiger charge is -2.25. The molecule has 148 valence electrons. The molecule has 0 spiro atoms. The molecule has 4 N–H and O–H groups in total. The van der Waals surface area contributed by atoms with Gasteiger partial charge in [-0.3, -0.25) is 14.5 Å². The third-order valence-electron chi connectivity index (χ3n) is 4.63. The largest absolute Gasteiger partial charge is 0.379 e. The van der Waals surface area contributed by atoms with Crippen molar-refractivity contribution in [1.29, 1.82) is 0 Å². The number of hydrogen-bond donors (Lipinski definition) is 3. The highest BCUT2D eigenvalue weighted by molar-refractivity contribution is 5.96. The highest BCUT2D eigenvalue weighted by Crippen LogP contribution is 2.17. The average molecular weight is 382 g/mol. The Morgan fingerprint density at radius 2 is 1.57 bits per heavy atom. The third-order valence-corrected chi connectivity index (χ3v) is 4.63. The van der Waals surface area contributed by atoms with Gasteiger partial charge in [-0.1, -0.05) is 29.8 Å². The molecular formula is C21H26N4O3. The zero-order valence-corrected chi connectivity index (χ0v) is 16.0. The molecule has 0 radical (unpaired) electrons. The van der Waals surface area contributed by atoms with Crippen molar-refractivity contribution in [2.24, 2.45) is 5.73 Å². The summed E-state index contributed by atoms with van der Waals surface area (Å²) in [5.41, 5.74) is 9.21. The predicted octanol–water partition coefficient (Wildman–Crippen LogP) is 1.90. The Hall–Kier alpha value is -2.74. The van der Waals surface area contributed by atoms with Gasteiger partial charge in [0.2, 0.25) is 11.8 Å². The number of nitrogens with one attached hydrogen (secondary N) is 2. The maximum atomic E-state index is 12.4. The number of nitrogens with two attached hydrogens (primary N) is 1. The van der Waals surface area contributed by atoms with Gasteiger partial charge in [-0.15, -0.1) is 0 Å². The number of carbonyl (C=O) groups is 2. The molecular weight excluding hydrogens is 356 g/mol. The summed E-state index contributed by atoms with van der Waals surface area (Å²) in [4.78, 5) is 26.5. The lowest BCUT2D eigenvalue weighted by Crippen LogP contribution is -2.41. The summed E-state index contributed by atoms with van der Waals surface area (Å²) in [6.45, 7) is 5.17. The number of nitrogens with zero attached hydrogens (tertiary/aromatic N) is 1. The Balaban J connectivity index is 1.51. The number of carbonyl (C=O) groups excluding carboxylic acids is 2. The maximum absolute atomic E-state index is 12.4. The molecule has 2 amide bonds. The number of amides is 2. The van der Waals surface area contributed by atoms with E-state index in [1.807, 2.05) is 31.2 Å². The molecule has 0 aromatic heterocycles. The van der Waals surface area contributed by atoms with Crippen LogP contribution in [0, 0.1) is 6.92 Å². The Morgan fingerprint density at radius 3 is 2.18 bits per heavy atom. The van der Waals surface area contributed by atoms with E-state index >= 15 is 0 Å². The van der Waals surface area contributed by atoms with Gasteiger partial charge in [-0.2, -0.15) is 0 Å². The zero-order valence-electron chi connectivity index (χ0n) is 16.0. The quantitative estimate of drug-likeness (QED) is 0.709. The molecule has 2 aromatic rings. The second kappa shape index (κ2) is 9.45. The van der Waals surface area contributed by atoms with Crippen LogP contribution in [0.3, 0.4) is 0 Å². The van der Waals surface area contributed by atoms with Crippen molar-refractivity contribution in [3.05, 3.63) is 59.7 Å². The number of morpholine rings is 1. The molecule has 1 unspecified atom stereocenters. The third kappa shape index (κ3) is 5.63. The predicted molar refractivity (Wildman–Crippen MR) is 109 cm³/mol. The van der Waals surface area contributed by atoms with Gasteiger partial charge in [0.25, 0.3) is 0 Å². The molecule has 1 aliphatic heterocycles. The maximum Gasteiger partial charge on any atom is 0.245 e. The Labute approximate surface area is 164 Å². The summed E-state index contributed by atoms with van der Waals surface area (Å²) in [6.07, 6.45) is 0. The molecule has 0 bridgehead atoms. The molecule has 0 saturated carbocycles. The monoisotopic (exact) mass is 382 g/mol. The van der Waals surface area contributed by atoms with Crippen molar-refractivity contribution < 1.29 is 14.3 Å². The minimum absolute atomic E-state index is 0.0694. The second-order valence-corrected chi connectivity index (χ2v) is 6.89. The number of hydrogen-bond acceptors (Lipinski definition) is 5. The van der Waals surface area contributed by atoms with E-state index in [1.165, 1.54) is 0 Å². The summed E-state index contributed by atoms with van der Waals surface area (Å²) < 4.78 is 5.28. The van der Waals surface area contributed by atoms with E-state index in [4.69, 9.17) is 10.5 Å². The zero-order chi connectivity index (χ0) is 19.9. The first-order valence-electron chi connectivity index (χ1n) is 9.34. The molecule has 3 rings (SSSR count). The minimum atomic E-state index is -0.742. The molecule has 7 nitrogen and oxygen atoms in total. The number of rotatable bonds is 6. The van der Waals surface area contributed by atoms with Crippen LogP contribution in [0.2, 0.25) is 0 Å². The fourth-order valence-electron chi connectivity index (χ4n) is 2.94. The Kier molecular flexibility index (Phi) is 6.76. The van der Waals surface area contributed by atoms with E-state index in [2.05, 4.69) is 15.5 Å². The van der Waals surface area contributed by atoms with Crippen LogP contribution in [-0.2, 0) is 14.3 Å². The topological polar surface area (TPSA) is 96.7 Å². The fourth-order valence-corrected chi connectivity index (χ4v) is 2.94. The van der Waals surface area contributed by atoms with Gasteiger partial charge in [0.15, 0.2) is 0 Å². The molecule has 7 heteroatoms. The van der Waals surface area contributed by atoms with Gasteiger partial charge >= 0.3 is 0 Å². The molecule has 0 aliphatic carbocycles. The number of benzene rings is 2. The smallest absolute Gasteiger partial charge is 0.245 e. The average Bonchev–Trinajstić information content (AvgIpc) is 2.70. The van der Waals surface area contributed by atoms with Crippen molar-refractivity contribution in [1.82, 2.24) is 4.90 Å². The first-order chi connectivity index (χ1) is 13.5. The summed E-state index contributed by atoms with van der Waals surface area (Å²) in [7, 11) is 0. The van der Waals surface area contributed by atoms with Crippen LogP contribution in [0.1, 0.15) is 17.2 Å². The van der Waals surface area contributed by atoms with Gasteiger partial charge in [-0.25, -0.2) is 0 Å². The molecule has 1 atom stereocenters. The van der Waals surface area contributed by atoms with Gasteiger partial charge in [0.05, 0.1) is 19.8 Å². The van der Waals surface area contributed by atoms with E-state index in [-0.39, 0.29) is 11.8 Å². The van der Waals surface area contributed by atoms with Crippen LogP contribution in [0.15, 0.2) is 48.5 Å². The standard InChI is InChI=1S/C21H26N4O3/c1-15-2-4-16(5-3-15)20(22)21(27)24-18-8-6-17(7-9-18)23-19(26)14-25-10-12-28-13-11-25/h2-9,20H,10-14,22H2,1H3,(H,23,26)(H,24,27). The van der Waals surface area contributed by atoms with Crippen molar-refractivity contribution in [2.45, 2.75) is 13.0 Å². The van der Waals surface area contributed by atoms with Crippen LogP contribution < -0.4 is 16.4 Å². The van der Waals surface area contributed by atoms with Crippen LogP contribution in [0.4, 0.5) is 11.4 Å². The minimum Gasteiger partial charge on any atom is -0.379 e. The SMILES string of the molecule is Cc1ccc(C(N)C(=O)Nc2ccc(NC(=O)CN3CCOCC3)cc2)cc1. The first kappa shape index (κ1) is 20.0. The number of anilines is 2. The van der Waals surface area contributed by atoms with Crippen LogP contribution in [0.5, 0.6) is 0 Å². The molecule has 1 aliphatic rings. The fraction of sp³-hybridized carbons (Fsp3) is 0.333. The van der Waals surface area contributed by atoms with Crippen molar-refractivity contribution in [3.8, 4) is 0 Å². The lowest BCUT2D eigenvalue weighted by molar-refractivity contribution is -0.118. The molecule has 1 saturated heterocycles. The van der Waals surface area contributed by atoms with E-state index in [1.54, 1.807) is 24.3 Å². The summed E-state index contributed by atoms with van der Waals surface area (Å²) in [5.74, 6) is -0.354. The van der Waals surface area contributed by atoms with Crippen molar-refractivity contribution >= 4 is 23.2 Å². The molecule has 28 heavy (non-hydrogen) atoms. The van der Waals surface area contributed by atoms with Gasteiger partial charge < -0.3 is 21.1 Å². The molecule has 1 fully saturated rings. The highest BCUT2D eigenvalue weighted by Gasteiger charge is 2.16. The number of aryl methyl sites for hydroxylation is 1. The van der Waals surface area contributed by atoms with E-state index in [0.717, 1.165) is 24.2 Å². The highest BCUT2D eigenvalue weighted by atomic mass is 16.5. The van der Waals surface area contributed by atoms with E-state index < -0.39 is 6.04 Å². The summed E-state index contributed by atoms with van der Waals surface area (Å²) >= 11 is 0. The van der Waals surface area contributed by atoms with Crippen LogP contribution >= 0.6 is 0 Å². The van der Waals surface area contributed by atoms with Crippen molar-refractivity contribution in [2.75, 3.05) is 43.5 Å². The molecule has 1 heterocycles. The van der Waals surface area contributed by atoms with Gasteiger partial charge in [-0.05, 0) is 36.8 Å².